The number of nitrogens with zero attached hydrogens (tertiary/aromatic N) is 2. The molecule has 0 saturated carbocycles. The number of carbonyl (C=O) groups is 2. The van der Waals surface area contributed by atoms with Crippen molar-refractivity contribution in [2.75, 3.05) is 55.4 Å². The lowest BCUT2D eigenvalue weighted by Gasteiger charge is -2.25. The van der Waals surface area contributed by atoms with Gasteiger partial charge < -0.3 is 24.3 Å². The molecule has 0 fully saturated rings. The second kappa shape index (κ2) is 9.93. The maximum Gasteiger partial charge on any atom is 0.359 e. The van der Waals surface area contributed by atoms with Gasteiger partial charge in [-0.15, -0.1) is 12.4 Å². The van der Waals surface area contributed by atoms with Crippen LogP contribution in [0.1, 0.15) is 6.42 Å². The Labute approximate surface area is 127 Å². The molecule has 3 N–H and O–H groups in total. The molecule has 0 amide bonds. The predicted octanol–water partition coefficient (Wildman–Crippen LogP) is -0.273. The van der Waals surface area contributed by atoms with E-state index >= 15 is 0 Å². The molecule has 8 heteroatoms. The van der Waals surface area contributed by atoms with Crippen LogP contribution in [0.5, 0.6) is 0 Å². The molecule has 1 unspecified atom stereocenters. The molecule has 0 saturated heterocycles. The number of aliphatic hydroxyl groups excluding tert-OH is 1. The van der Waals surface area contributed by atoms with Crippen molar-refractivity contribution >= 4 is 24.3 Å². The number of carboxylic acids is 2. The Morgan fingerprint density at radius 3 is 1.45 bits per heavy atom. The summed E-state index contributed by atoms with van der Waals surface area (Å²) in [6.45, 7) is 0.645. The zero-order chi connectivity index (χ0) is 15.9. The number of aliphatic hydroxyl groups is 1. The van der Waals surface area contributed by atoms with Crippen LogP contribution in [0.25, 0.3) is 0 Å². The Hall–Kier alpha value is -0.890. The minimum atomic E-state index is -0.953. The fraction of sp³-hybridized carbons (Fsp3) is 0.833. The van der Waals surface area contributed by atoms with E-state index in [1.165, 1.54) is 0 Å². The van der Waals surface area contributed by atoms with Crippen molar-refractivity contribution in [1.29, 1.82) is 0 Å². The van der Waals surface area contributed by atoms with Gasteiger partial charge in [0.25, 0.3) is 0 Å². The lowest BCUT2D eigenvalue weighted by atomic mass is 10.2. The molecule has 7 nitrogen and oxygen atoms in total. The lowest BCUT2D eigenvalue weighted by molar-refractivity contribution is -0.873. The first-order chi connectivity index (χ1) is 8.23. The predicted molar refractivity (Wildman–Crippen MR) is 78.9 cm³/mol. The number of aliphatic carboxylic acids is 2. The van der Waals surface area contributed by atoms with Crippen molar-refractivity contribution in [3.63, 3.8) is 0 Å². The summed E-state index contributed by atoms with van der Waals surface area (Å²) in [4.78, 5) is 20.1. The molecule has 0 bridgehead atoms. The van der Waals surface area contributed by atoms with E-state index < -0.39 is 18.0 Å². The van der Waals surface area contributed by atoms with E-state index in [0.29, 0.717) is 15.5 Å². The zero-order valence-electron chi connectivity index (χ0n) is 13.2. The Balaban J connectivity index is -0.000000288. The maximum atomic E-state index is 10.1. The first kappa shape index (κ1) is 24.1. The second-order valence-corrected chi connectivity index (χ2v) is 6.57. The summed E-state index contributed by atoms with van der Waals surface area (Å²) in [7, 11) is 11.2. The number of likely N-dealkylation sites (N-methyl/N-ethyl adjacent to an activating group) is 2. The minimum absolute atomic E-state index is 0. The minimum Gasteiger partial charge on any atom is -0.481 e. The number of halogens is 1. The van der Waals surface area contributed by atoms with Crippen LogP contribution >= 0.6 is 12.4 Å². The highest BCUT2D eigenvalue weighted by Gasteiger charge is 2.17. The van der Waals surface area contributed by atoms with Gasteiger partial charge in [0.15, 0.2) is 6.54 Å². The van der Waals surface area contributed by atoms with Crippen LogP contribution in [0.15, 0.2) is 0 Å². The number of hydrogen-bond donors (Lipinski definition) is 3. The van der Waals surface area contributed by atoms with Gasteiger partial charge in [-0.25, -0.2) is 4.79 Å². The van der Waals surface area contributed by atoms with Gasteiger partial charge in [-0.05, 0) is 0 Å². The monoisotopic (exact) mass is 316 g/mol. The van der Waals surface area contributed by atoms with E-state index in [-0.39, 0.29) is 25.4 Å². The first-order valence-corrected chi connectivity index (χ1v) is 5.95. The number of carboxylic acid groups (broad SMARTS) is 2. The van der Waals surface area contributed by atoms with Crippen molar-refractivity contribution in [2.45, 2.75) is 12.5 Å². The van der Waals surface area contributed by atoms with E-state index in [9.17, 15) is 9.59 Å². The summed E-state index contributed by atoms with van der Waals surface area (Å²) in [6.07, 6.45) is -0.914. The molecule has 0 aliphatic rings. The summed E-state index contributed by atoms with van der Waals surface area (Å²) >= 11 is 0. The molecule has 0 heterocycles. The highest BCUT2D eigenvalue weighted by atomic mass is 35.5. The Kier molecular flexibility index (Phi) is 12.0. The van der Waals surface area contributed by atoms with Gasteiger partial charge in [-0.2, -0.15) is 0 Å². The van der Waals surface area contributed by atoms with Crippen LogP contribution in [-0.4, -0.2) is 97.7 Å². The van der Waals surface area contributed by atoms with Gasteiger partial charge in [0.2, 0.25) is 0 Å². The fourth-order valence-electron chi connectivity index (χ4n) is 1.30. The van der Waals surface area contributed by atoms with E-state index in [4.69, 9.17) is 15.3 Å². The van der Waals surface area contributed by atoms with Crippen LogP contribution in [0.2, 0.25) is 0 Å². The maximum absolute atomic E-state index is 10.1. The molecule has 0 spiro atoms. The third kappa shape index (κ3) is 25.8. The molecule has 20 heavy (non-hydrogen) atoms. The van der Waals surface area contributed by atoms with Gasteiger partial charge in [0, 0.05) is 0 Å². The molecular weight excluding hydrogens is 288 g/mol. The van der Waals surface area contributed by atoms with E-state index in [1.54, 1.807) is 0 Å². The summed E-state index contributed by atoms with van der Waals surface area (Å²) in [6, 6.07) is 0. The molecule has 122 valence electrons. The zero-order valence-corrected chi connectivity index (χ0v) is 14.0. The van der Waals surface area contributed by atoms with E-state index in [0.717, 1.165) is 0 Å². The fourth-order valence-corrected chi connectivity index (χ4v) is 1.30. The molecule has 1 atom stereocenters. The summed E-state index contributed by atoms with van der Waals surface area (Å²) < 4.78 is 1.06. The largest absolute Gasteiger partial charge is 0.481 e. The van der Waals surface area contributed by atoms with Gasteiger partial charge in [0.05, 0.1) is 48.7 Å². The van der Waals surface area contributed by atoms with Crippen LogP contribution < -0.4 is 0 Å². The van der Waals surface area contributed by atoms with Crippen molar-refractivity contribution in [2.24, 2.45) is 0 Å². The molecule has 0 aliphatic heterocycles. The SMILES string of the molecule is C[N+](C)(C)CC(=O)O.C[N+](C)(C)CC(O)CC(=O)O.Cl. The van der Waals surface area contributed by atoms with Crippen LogP contribution in [-0.2, 0) is 9.59 Å². The molecular formula is C12H29ClN2O5+2. The molecule has 0 aromatic carbocycles. The third-order valence-electron chi connectivity index (χ3n) is 1.78. The molecule has 0 aromatic heterocycles. The van der Waals surface area contributed by atoms with E-state index in [2.05, 4.69) is 0 Å². The summed E-state index contributed by atoms with van der Waals surface area (Å²) in [5.41, 5.74) is 0. The van der Waals surface area contributed by atoms with Gasteiger partial charge in [0.1, 0.15) is 12.6 Å². The van der Waals surface area contributed by atoms with Crippen LogP contribution in [0.3, 0.4) is 0 Å². The quantitative estimate of drug-likeness (QED) is 0.586. The van der Waals surface area contributed by atoms with Gasteiger partial charge in [-0.3, -0.25) is 4.79 Å². The van der Waals surface area contributed by atoms with Gasteiger partial charge >= 0.3 is 11.9 Å². The number of rotatable bonds is 6. The van der Waals surface area contributed by atoms with Crippen molar-refractivity contribution in [1.82, 2.24) is 0 Å². The Bertz CT molecular complexity index is 297. The molecule has 0 aromatic rings. The van der Waals surface area contributed by atoms with Crippen LogP contribution in [0.4, 0.5) is 0 Å². The van der Waals surface area contributed by atoms with Crippen LogP contribution in [0, 0.1) is 0 Å². The standard InChI is InChI=1S/C7H15NO3.C5H11NO2.ClH/c1-8(2,3)5-6(9)4-7(10)11;1-6(2,3)4-5(7)8;/h6,9H,4-5H2,1-3H3;4H2,1-3H3;1H/p+2. The average Bonchev–Trinajstić information content (AvgIpc) is 1.91. The molecule has 0 rings (SSSR count). The smallest absolute Gasteiger partial charge is 0.359 e. The number of hydrogen-bond acceptors (Lipinski definition) is 3. The average molecular weight is 317 g/mol. The first-order valence-electron chi connectivity index (χ1n) is 5.95. The summed E-state index contributed by atoms with van der Waals surface area (Å²) in [5, 5.41) is 25.7. The van der Waals surface area contributed by atoms with Crippen molar-refractivity contribution in [3.05, 3.63) is 0 Å². The molecule has 0 radical (unpaired) electrons. The second-order valence-electron chi connectivity index (χ2n) is 6.57. The normalized spacial score (nSPS) is 12.6. The highest BCUT2D eigenvalue weighted by molar-refractivity contribution is 5.85. The molecule has 0 aliphatic carbocycles. The van der Waals surface area contributed by atoms with Crippen molar-refractivity contribution < 1.29 is 33.9 Å². The van der Waals surface area contributed by atoms with Gasteiger partial charge in [-0.1, -0.05) is 0 Å². The number of quaternary nitrogens is 2. The third-order valence-corrected chi connectivity index (χ3v) is 1.78. The highest BCUT2D eigenvalue weighted by Crippen LogP contribution is 1.98. The Morgan fingerprint density at radius 2 is 1.30 bits per heavy atom. The summed E-state index contributed by atoms with van der Waals surface area (Å²) in [5.74, 6) is -1.71. The lowest BCUT2D eigenvalue weighted by Crippen LogP contribution is -2.42. The Morgan fingerprint density at radius 1 is 0.900 bits per heavy atom. The topological polar surface area (TPSA) is 94.8 Å². The van der Waals surface area contributed by atoms with Crippen molar-refractivity contribution in [3.8, 4) is 0 Å². The van der Waals surface area contributed by atoms with E-state index in [1.807, 2.05) is 42.3 Å².